The summed E-state index contributed by atoms with van der Waals surface area (Å²) in [5.74, 6) is 0.0518. The normalized spacial score (nSPS) is 24.8. The minimum atomic E-state index is -0.253. The number of benzene rings is 1. The van der Waals surface area contributed by atoms with E-state index in [1.807, 2.05) is 30.3 Å². The first kappa shape index (κ1) is 16.0. The van der Waals surface area contributed by atoms with Crippen LogP contribution in [0.15, 0.2) is 30.3 Å². The van der Waals surface area contributed by atoms with Gasteiger partial charge in [-0.05, 0) is 31.4 Å². The van der Waals surface area contributed by atoms with E-state index in [1.165, 1.54) is 6.92 Å². The van der Waals surface area contributed by atoms with Crippen LogP contribution in [0.2, 0.25) is 0 Å². The van der Waals surface area contributed by atoms with Crippen LogP contribution in [0, 0.1) is 0 Å². The average Bonchev–Trinajstić information content (AvgIpc) is 2.80. The summed E-state index contributed by atoms with van der Waals surface area (Å²) in [6.07, 6.45) is 3.54. The lowest BCUT2D eigenvalue weighted by Crippen LogP contribution is -2.44. The molecule has 2 fully saturated rings. The van der Waals surface area contributed by atoms with Crippen molar-refractivity contribution in [1.29, 1.82) is 0 Å². The lowest BCUT2D eigenvalue weighted by molar-refractivity contribution is -0.134. The molecule has 2 heterocycles. The second-order valence-corrected chi connectivity index (χ2v) is 6.55. The molecule has 0 aromatic heterocycles. The van der Waals surface area contributed by atoms with Crippen LogP contribution in [-0.4, -0.2) is 41.9 Å². The summed E-state index contributed by atoms with van der Waals surface area (Å²) in [7, 11) is 0. The molecule has 2 saturated heterocycles. The van der Waals surface area contributed by atoms with E-state index in [0.717, 1.165) is 37.9 Å². The molecular formula is C18H25N3O2. The van der Waals surface area contributed by atoms with Crippen molar-refractivity contribution in [2.45, 2.75) is 50.7 Å². The van der Waals surface area contributed by atoms with Crippen molar-refractivity contribution in [2.75, 3.05) is 13.1 Å². The highest BCUT2D eigenvalue weighted by Gasteiger charge is 2.38. The smallest absolute Gasteiger partial charge is 0.225 e. The molecule has 2 aliphatic rings. The molecule has 1 aromatic rings. The molecule has 5 nitrogen and oxygen atoms in total. The van der Waals surface area contributed by atoms with E-state index in [2.05, 4.69) is 15.5 Å². The minimum Gasteiger partial charge on any atom is -0.349 e. The van der Waals surface area contributed by atoms with E-state index >= 15 is 0 Å². The second kappa shape index (κ2) is 7.13. The van der Waals surface area contributed by atoms with Gasteiger partial charge in [-0.2, -0.15) is 0 Å². The van der Waals surface area contributed by atoms with Gasteiger partial charge in [0.25, 0.3) is 0 Å². The maximum Gasteiger partial charge on any atom is 0.225 e. The van der Waals surface area contributed by atoms with Crippen LogP contribution in [0.3, 0.4) is 0 Å². The first-order valence-electron chi connectivity index (χ1n) is 8.49. The molecule has 0 radical (unpaired) electrons. The number of carbonyl (C=O) groups excluding carboxylic acids is 2. The van der Waals surface area contributed by atoms with Gasteiger partial charge in [0.2, 0.25) is 11.8 Å². The zero-order chi connectivity index (χ0) is 16.2. The van der Waals surface area contributed by atoms with Crippen LogP contribution >= 0.6 is 0 Å². The van der Waals surface area contributed by atoms with Crippen LogP contribution in [0.1, 0.15) is 44.2 Å². The molecule has 5 heteroatoms. The molecule has 2 aliphatic heterocycles. The first-order valence-corrected chi connectivity index (χ1v) is 8.49. The van der Waals surface area contributed by atoms with Gasteiger partial charge in [-0.1, -0.05) is 30.3 Å². The van der Waals surface area contributed by atoms with Crippen molar-refractivity contribution in [3.63, 3.8) is 0 Å². The van der Waals surface area contributed by atoms with Crippen molar-refractivity contribution in [2.24, 2.45) is 0 Å². The molecule has 0 saturated carbocycles. The topological polar surface area (TPSA) is 61.4 Å². The molecule has 2 N–H and O–H groups in total. The Labute approximate surface area is 137 Å². The fourth-order valence-corrected chi connectivity index (χ4v) is 3.85. The van der Waals surface area contributed by atoms with Gasteiger partial charge < -0.3 is 15.5 Å². The maximum absolute atomic E-state index is 12.9. The fourth-order valence-electron chi connectivity index (χ4n) is 3.85. The maximum atomic E-state index is 12.9. The van der Waals surface area contributed by atoms with Crippen molar-refractivity contribution in [3.05, 3.63) is 35.9 Å². The molecular weight excluding hydrogens is 290 g/mol. The minimum absolute atomic E-state index is 0.104. The third-order valence-electron chi connectivity index (χ3n) is 4.90. The summed E-state index contributed by atoms with van der Waals surface area (Å²) < 4.78 is 0. The van der Waals surface area contributed by atoms with E-state index in [4.69, 9.17) is 0 Å². The molecule has 0 aliphatic carbocycles. The Hall–Kier alpha value is -1.88. The third kappa shape index (κ3) is 3.72. The van der Waals surface area contributed by atoms with E-state index < -0.39 is 0 Å². The molecule has 1 aromatic carbocycles. The summed E-state index contributed by atoms with van der Waals surface area (Å²) in [6.45, 7) is 3.37. The van der Waals surface area contributed by atoms with Crippen molar-refractivity contribution < 1.29 is 9.59 Å². The van der Waals surface area contributed by atoms with E-state index in [9.17, 15) is 9.59 Å². The lowest BCUT2D eigenvalue weighted by Gasteiger charge is -2.30. The number of nitrogens with one attached hydrogen (secondary N) is 2. The Balaban J connectivity index is 1.74. The second-order valence-electron chi connectivity index (χ2n) is 6.55. The Morgan fingerprint density at radius 2 is 1.96 bits per heavy atom. The van der Waals surface area contributed by atoms with Gasteiger partial charge >= 0.3 is 0 Å². The number of hydrogen-bond acceptors (Lipinski definition) is 3. The SMILES string of the molecule is CC(=O)NC(CC(=O)N1C2CCNCC1CC2)c1ccccc1. The molecule has 3 rings (SSSR count). The molecule has 2 bridgehead atoms. The van der Waals surface area contributed by atoms with Crippen LogP contribution in [0.4, 0.5) is 0 Å². The van der Waals surface area contributed by atoms with Crippen molar-refractivity contribution in [1.82, 2.24) is 15.5 Å². The van der Waals surface area contributed by atoms with E-state index in [-0.39, 0.29) is 17.9 Å². The van der Waals surface area contributed by atoms with Gasteiger partial charge in [-0.15, -0.1) is 0 Å². The number of carbonyl (C=O) groups is 2. The largest absolute Gasteiger partial charge is 0.349 e. The standard InChI is InChI=1S/C18H25N3O2/c1-13(22)20-17(14-5-3-2-4-6-14)11-18(23)21-15-7-8-16(21)12-19-10-9-15/h2-6,15-17,19H,7-12H2,1H3,(H,20,22). The Morgan fingerprint density at radius 1 is 1.22 bits per heavy atom. The molecule has 3 unspecified atom stereocenters. The van der Waals surface area contributed by atoms with Crippen LogP contribution in [0.5, 0.6) is 0 Å². The van der Waals surface area contributed by atoms with Crippen LogP contribution in [-0.2, 0) is 9.59 Å². The molecule has 3 atom stereocenters. The monoisotopic (exact) mass is 315 g/mol. The highest BCUT2D eigenvalue weighted by Crippen LogP contribution is 2.30. The fraction of sp³-hybridized carbons (Fsp3) is 0.556. The average molecular weight is 315 g/mol. The number of hydrogen-bond donors (Lipinski definition) is 2. The van der Waals surface area contributed by atoms with Crippen LogP contribution < -0.4 is 10.6 Å². The van der Waals surface area contributed by atoms with Crippen molar-refractivity contribution >= 4 is 11.8 Å². The molecule has 124 valence electrons. The summed E-state index contributed by atoms with van der Waals surface area (Å²) >= 11 is 0. The number of nitrogens with zero attached hydrogens (tertiary/aromatic N) is 1. The van der Waals surface area contributed by atoms with Crippen molar-refractivity contribution in [3.8, 4) is 0 Å². The summed E-state index contributed by atoms with van der Waals surface area (Å²) in [5, 5.41) is 6.35. The summed E-state index contributed by atoms with van der Waals surface area (Å²) in [5.41, 5.74) is 0.983. The van der Waals surface area contributed by atoms with Gasteiger partial charge in [0.15, 0.2) is 0 Å². The summed E-state index contributed by atoms with van der Waals surface area (Å²) in [4.78, 5) is 26.5. The number of amides is 2. The zero-order valence-electron chi connectivity index (χ0n) is 13.6. The first-order chi connectivity index (χ1) is 11.1. The van der Waals surface area contributed by atoms with Gasteiger partial charge in [-0.3, -0.25) is 9.59 Å². The van der Waals surface area contributed by atoms with Gasteiger partial charge in [-0.25, -0.2) is 0 Å². The quantitative estimate of drug-likeness (QED) is 0.887. The molecule has 2 amide bonds. The Kier molecular flexibility index (Phi) is 4.96. The lowest BCUT2D eigenvalue weighted by atomic mass is 10.0. The zero-order valence-corrected chi connectivity index (χ0v) is 13.6. The van der Waals surface area contributed by atoms with E-state index in [1.54, 1.807) is 0 Å². The molecule has 0 spiro atoms. The van der Waals surface area contributed by atoms with Gasteiger partial charge in [0.05, 0.1) is 12.5 Å². The highest BCUT2D eigenvalue weighted by molar-refractivity contribution is 5.80. The van der Waals surface area contributed by atoms with E-state index in [0.29, 0.717) is 18.5 Å². The highest BCUT2D eigenvalue weighted by atomic mass is 16.2. The Bertz CT molecular complexity index is 547. The van der Waals surface area contributed by atoms with Crippen LogP contribution in [0.25, 0.3) is 0 Å². The predicted octanol–water partition coefficient (Wildman–Crippen LogP) is 1.61. The number of rotatable bonds is 4. The third-order valence-corrected chi connectivity index (χ3v) is 4.90. The Morgan fingerprint density at radius 3 is 2.70 bits per heavy atom. The van der Waals surface area contributed by atoms with Gasteiger partial charge in [0, 0.05) is 25.6 Å². The predicted molar refractivity (Wildman–Crippen MR) is 88.8 cm³/mol. The molecule has 23 heavy (non-hydrogen) atoms. The number of fused-ring (bicyclic) bond motifs is 2. The summed E-state index contributed by atoms with van der Waals surface area (Å²) in [6, 6.07) is 10.2. The van der Waals surface area contributed by atoms with Gasteiger partial charge in [0.1, 0.15) is 0 Å².